The lowest BCUT2D eigenvalue weighted by molar-refractivity contribution is 0.00372. The SMILES string of the molecule is COc1cc([C@H](C)O)ccc1OCOCc1ccccc1. The van der Waals surface area contributed by atoms with E-state index in [1.165, 1.54) is 0 Å². The van der Waals surface area contributed by atoms with Gasteiger partial charge < -0.3 is 19.3 Å². The fourth-order valence-electron chi connectivity index (χ4n) is 1.90. The van der Waals surface area contributed by atoms with Crippen LogP contribution < -0.4 is 9.47 Å². The molecule has 0 heterocycles. The summed E-state index contributed by atoms with van der Waals surface area (Å²) in [6, 6.07) is 15.2. The number of methoxy groups -OCH3 is 1. The molecule has 0 saturated heterocycles. The van der Waals surface area contributed by atoms with Crippen LogP contribution in [-0.4, -0.2) is 19.0 Å². The Morgan fingerprint density at radius 1 is 1.05 bits per heavy atom. The maximum absolute atomic E-state index is 9.55. The first-order valence-corrected chi connectivity index (χ1v) is 6.81. The van der Waals surface area contributed by atoms with Crippen LogP contribution in [0, 0.1) is 0 Å². The minimum Gasteiger partial charge on any atom is -0.493 e. The van der Waals surface area contributed by atoms with Gasteiger partial charge in [-0.05, 0) is 30.2 Å². The number of rotatable bonds is 7. The summed E-state index contributed by atoms with van der Waals surface area (Å²) in [6.45, 7) is 2.34. The van der Waals surface area contributed by atoms with Crippen LogP contribution >= 0.6 is 0 Å². The van der Waals surface area contributed by atoms with Gasteiger partial charge >= 0.3 is 0 Å². The molecule has 0 radical (unpaired) electrons. The summed E-state index contributed by atoms with van der Waals surface area (Å²) >= 11 is 0. The van der Waals surface area contributed by atoms with Gasteiger partial charge in [0.2, 0.25) is 0 Å². The van der Waals surface area contributed by atoms with Crippen molar-refractivity contribution in [2.45, 2.75) is 19.6 Å². The van der Waals surface area contributed by atoms with E-state index in [2.05, 4.69) is 0 Å². The fourth-order valence-corrected chi connectivity index (χ4v) is 1.90. The molecule has 0 aliphatic carbocycles. The van der Waals surface area contributed by atoms with Crippen LogP contribution in [0.2, 0.25) is 0 Å². The molecule has 0 saturated carbocycles. The Balaban J connectivity index is 1.88. The van der Waals surface area contributed by atoms with Crippen molar-refractivity contribution in [3.8, 4) is 11.5 Å². The standard InChI is InChI=1S/C17H20O4/c1-13(18)15-8-9-16(17(10-15)19-2)21-12-20-11-14-6-4-3-5-7-14/h3-10,13,18H,11-12H2,1-2H3/t13-/m0/s1. The van der Waals surface area contributed by atoms with Crippen molar-refractivity contribution in [2.75, 3.05) is 13.9 Å². The molecule has 2 rings (SSSR count). The van der Waals surface area contributed by atoms with Crippen molar-refractivity contribution in [1.82, 2.24) is 0 Å². The summed E-state index contributed by atoms with van der Waals surface area (Å²) in [7, 11) is 1.57. The molecule has 0 aliphatic rings. The highest BCUT2D eigenvalue weighted by Crippen LogP contribution is 2.30. The first-order chi connectivity index (χ1) is 10.2. The third-order valence-electron chi connectivity index (χ3n) is 3.08. The molecule has 0 unspecified atom stereocenters. The van der Waals surface area contributed by atoms with Gasteiger partial charge in [-0.1, -0.05) is 36.4 Å². The van der Waals surface area contributed by atoms with Gasteiger partial charge in [0, 0.05) is 0 Å². The topological polar surface area (TPSA) is 47.9 Å². The largest absolute Gasteiger partial charge is 0.493 e. The first kappa shape index (κ1) is 15.4. The lowest BCUT2D eigenvalue weighted by atomic mass is 10.1. The summed E-state index contributed by atoms with van der Waals surface area (Å²) in [4.78, 5) is 0. The summed E-state index contributed by atoms with van der Waals surface area (Å²) in [5, 5.41) is 9.55. The van der Waals surface area contributed by atoms with Gasteiger partial charge in [0.15, 0.2) is 18.3 Å². The molecule has 112 valence electrons. The molecular formula is C17H20O4. The van der Waals surface area contributed by atoms with Crippen molar-refractivity contribution in [3.05, 3.63) is 59.7 Å². The second kappa shape index (κ2) is 7.67. The van der Waals surface area contributed by atoms with E-state index < -0.39 is 6.10 Å². The molecule has 1 N–H and O–H groups in total. The summed E-state index contributed by atoms with van der Waals surface area (Å²) in [6.07, 6.45) is -0.540. The second-order valence-electron chi connectivity index (χ2n) is 4.68. The van der Waals surface area contributed by atoms with Crippen molar-refractivity contribution < 1.29 is 19.3 Å². The number of ether oxygens (including phenoxy) is 3. The molecule has 0 aliphatic heterocycles. The Morgan fingerprint density at radius 3 is 2.48 bits per heavy atom. The van der Waals surface area contributed by atoms with Crippen LogP contribution in [0.25, 0.3) is 0 Å². The first-order valence-electron chi connectivity index (χ1n) is 6.81. The van der Waals surface area contributed by atoms with E-state index in [4.69, 9.17) is 14.2 Å². The van der Waals surface area contributed by atoms with Crippen molar-refractivity contribution in [3.63, 3.8) is 0 Å². The van der Waals surface area contributed by atoms with Gasteiger partial charge in [-0.3, -0.25) is 0 Å². The lowest BCUT2D eigenvalue weighted by Gasteiger charge is -2.13. The molecule has 4 nitrogen and oxygen atoms in total. The molecule has 0 fully saturated rings. The van der Waals surface area contributed by atoms with Crippen LogP contribution in [-0.2, 0) is 11.3 Å². The predicted molar refractivity (Wildman–Crippen MR) is 80.4 cm³/mol. The van der Waals surface area contributed by atoms with E-state index >= 15 is 0 Å². The van der Waals surface area contributed by atoms with Crippen molar-refractivity contribution in [2.24, 2.45) is 0 Å². The van der Waals surface area contributed by atoms with E-state index in [0.717, 1.165) is 11.1 Å². The average molecular weight is 288 g/mol. The molecule has 1 atom stereocenters. The Hall–Kier alpha value is -2.04. The minimum absolute atomic E-state index is 0.138. The number of aliphatic hydroxyl groups is 1. The van der Waals surface area contributed by atoms with E-state index in [1.54, 1.807) is 32.2 Å². The van der Waals surface area contributed by atoms with E-state index in [1.807, 2.05) is 30.3 Å². The van der Waals surface area contributed by atoms with Crippen molar-refractivity contribution in [1.29, 1.82) is 0 Å². The third kappa shape index (κ3) is 4.48. The van der Waals surface area contributed by atoms with Crippen LogP contribution in [0.4, 0.5) is 0 Å². The van der Waals surface area contributed by atoms with Gasteiger partial charge in [-0.15, -0.1) is 0 Å². The van der Waals surface area contributed by atoms with Crippen molar-refractivity contribution >= 4 is 0 Å². The highest BCUT2D eigenvalue weighted by molar-refractivity contribution is 5.43. The Kier molecular flexibility index (Phi) is 5.60. The third-order valence-corrected chi connectivity index (χ3v) is 3.08. The molecule has 21 heavy (non-hydrogen) atoms. The minimum atomic E-state index is -0.540. The van der Waals surface area contributed by atoms with E-state index in [9.17, 15) is 5.11 Å². The molecule has 2 aromatic rings. The maximum atomic E-state index is 9.55. The molecule has 4 heteroatoms. The fraction of sp³-hybridized carbons (Fsp3) is 0.294. The number of hydrogen-bond acceptors (Lipinski definition) is 4. The van der Waals surface area contributed by atoms with Crippen LogP contribution in [0.15, 0.2) is 48.5 Å². The molecule has 0 bridgehead atoms. The Labute approximate surface area is 124 Å². The summed E-state index contributed by atoms with van der Waals surface area (Å²) in [5.74, 6) is 1.17. The molecule has 2 aromatic carbocycles. The molecule has 0 spiro atoms. The van der Waals surface area contributed by atoms with Gasteiger partial charge in [-0.25, -0.2) is 0 Å². The monoisotopic (exact) mass is 288 g/mol. The zero-order chi connectivity index (χ0) is 15.1. The zero-order valence-corrected chi connectivity index (χ0v) is 12.3. The van der Waals surface area contributed by atoms with Crippen LogP contribution in [0.1, 0.15) is 24.2 Å². The normalized spacial score (nSPS) is 12.0. The zero-order valence-electron chi connectivity index (χ0n) is 12.3. The smallest absolute Gasteiger partial charge is 0.189 e. The van der Waals surface area contributed by atoms with Gasteiger partial charge in [0.1, 0.15) is 0 Å². The number of aliphatic hydroxyl groups excluding tert-OH is 1. The Morgan fingerprint density at radius 2 is 1.81 bits per heavy atom. The predicted octanol–water partition coefficient (Wildman–Crippen LogP) is 3.30. The van der Waals surface area contributed by atoms with E-state index in [0.29, 0.717) is 18.1 Å². The van der Waals surface area contributed by atoms with Crippen LogP contribution in [0.5, 0.6) is 11.5 Å². The highest BCUT2D eigenvalue weighted by atomic mass is 16.7. The second-order valence-corrected chi connectivity index (χ2v) is 4.68. The van der Waals surface area contributed by atoms with Crippen LogP contribution in [0.3, 0.4) is 0 Å². The van der Waals surface area contributed by atoms with Gasteiger partial charge in [0.25, 0.3) is 0 Å². The quantitative estimate of drug-likeness (QED) is 0.627. The van der Waals surface area contributed by atoms with E-state index in [-0.39, 0.29) is 6.79 Å². The summed E-state index contributed by atoms with van der Waals surface area (Å²) < 4.78 is 16.3. The average Bonchev–Trinajstić information content (AvgIpc) is 2.52. The number of benzene rings is 2. The molecule has 0 aromatic heterocycles. The summed E-state index contributed by atoms with van der Waals surface area (Å²) in [5.41, 5.74) is 1.88. The van der Waals surface area contributed by atoms with Gasteiger partial charge in [-0.2, -0.15) is 0 Å². The molecule has 0 amide bonds. The number of hydrogen-bond donors (Lipinski definition) is 1. The lowest BCUT2D eigenvalue weighted by Crippen LogP contribution is -2.04. The highest BCUT2D eigenvalue weighted by Gasteiger charge is 2.08. The molecular weight excluding hydrogens is 268 g/mol. The Bertz CT molecular complexity index is 552. The van der Waals surface area contributed by atoms with Gasteiger partial charge in [0.05, 0.1) is 19.8 Å². The maximum Gasteiger partial charge on any atom is 0.189 e.